The molecule has 19 heavy (non-hydrogen) atoms. The summed E-state index contributed by atoms with van der Waals surface area (Å²) >= 11 is 1.19. The van der Waals surface area contributed by atoms with Crippen molar-refractivity contribution in [3.05, 3.63) is 5.82 Å². The summed E-state index contributed by atoms with van der Waals surface area (Å²) in [4.78, 5) is 10.7. The van der Waals surface area contributed by atoms with Crippen LogP contribution in [-0.4, -0.2) is 44.8 Å². The highest BCUT2D eigenvalue weighted by Crippen LogP contribution is 2.25. The third kappa shape index (κ3) is 4.50. The monoisotopic (exact) mass is 287 g/mol. The van der Waals surface area contributed by atoms with Gasteiger partial charge in [-0.3, -0.25) is 4.79 Å². The van der Waals surface area contributed by atoms with Crippen molar-refractivity contribution >= 4 is 17.7 Å². The molecule has 0 spiro atoms. The van der Waals surface area contributed by atoms with E-state index in [-0.39, 0.29) is 17.7 Å². The lowest BCUT2D eigenvalue weighted by molar-refractivity contribution is -0.133. The van der Waals surface area contributed by atoms with Crippen LogP contribution in [0, 0.1) is 0 Å². The summed E-state index contributed by atoms with van der Waals surface area (Å²) in [5.74, 6) is 0.219. The van der Waals surface area contributed by atoms with E-state index >= 15 is 0 Å². The van der Waals surface area contributed by atoms with Gasteiger partial charge in [-0.25, -0.2) is 0 Å². The summed E-state index contributed by atoms with van der Waals surface area (Å²) in [6, 6.07) is 0.0867. The molecule has 1 atom stereocenters. The minimum atomic E-state index is -0.858. The molecule has 1 N–H and O–H groups in total. The smallest absolute Gasteiger partial charge is 0.313 e. The number of carboxylic acid groups (broad SMARTS) is 1. The maximum absolute atomic E-state index is 10.7. The fourth-order valence-corrected chi connectivity index (χ4v) is 2.45. The maximum Gasteiger partial charge on any atom is 0.313 e. The van der Waals surface area contributed by atoms with E-state index in [0.29, 0.717) is 18.4 Å². The number of aliphatic carboxylic acids is 1. The first-order chi connectivity index (χ1) is 8.97. The molecule has 1 aromatic heterocycles. The van der Waals surface area contributed by atoms with Gasteiger partial charge in [0.05, 0.1) is 18.4 Å². The fourth-order valence-electron chi connectivity index (χ4n) is 1.68. The molecule has 0 aromatic carbocycles. The number of rotatable bonds is 8. The van der Waals surface area contributed by atoms with Gasteiger partial charge >= 0.3 is 5.97 Å². The molecule has 1 heterocycles. The second-order valence-corrected chi connectivity index (χ2v) is 5.50. The van der Waals surface area contributed by atoms with Crippen molar-refractivity contribution in [1.29, 1.82) is 0 Å². The van der Waals surface area contributed by atoms with Crippen LogP contribution in [0.4, 0.5) is 0 Å². The Labute approximate surface area is 117 Å². The lowest BCUT2D eigenvalue weighted by atomic mass is 10.2. The Balaban J connectivity index is 2.93. The minimum Gasteiger partial charge on any atom is -0.481 e. The van der Waals surface area contributed by atoms with Gasteiger partial charge in [0, 0.05) is 12.5 Å². The van der Waals surface area contributed by atoms with Crippen molar-refractivity contribution in [3.63, 3.8) is 0 Å². The largest absolute Gasteiger partial charge is 0.481 e. The van der Waals surface area contributed by atoms with Crippen LogP contribution in [0.2, 0.25) is 0 Å². The number of carbonyl (C=O) groups is 1. The molecule has 0 aliphatic heterocycles. The molecule has 0 bridgehead atoms. The van der Waals surface area contributed by atoms with E-state index in [1.165, 1.54) is 11.8 Å². The molecule has 6 nitrogen and oxygen atoms in total. The number of ether oxygens (including phenoxy) is 1. The first kappa shape index (κ1) is 16.0. The van der Waals surface area contributed by atoms with Gasteiger partial charge in [0.15, 0.2) is 5.16 Å². The standard InChI is InChI=1S/C12H21N3O3S/c1-5-18-6-9(4)15-11(8(2)3)13-14-12(15)19-7-10(16)17/h8-9H,5-7H2,1-4H3,(H,16,17). The van der Waals surface area contributed by atoms with E-state index in [1.54, 1.807) is 0 Å². The highest BCUT2D eigenvalue weighted by molar-refractivity contribution is 7.99. The first-order valence-corrected chi connectivity index (χ1v) is 7.33. The van der Waals surface area contributed by atoms with Crippen molar-refractivity contribution < 1.29 is 14.6 Å². The van der Waals surface area contributed by atoms with E-state index < -0.39 is 5.97 Å². The van der Waals surface area contributed by atoms with Gasteiger partial charge < -0.3 is 14.4 Å². The van der Waals surface area contributed by atoms with Gasteiger partial charge in [-0.2, -0.15) is 0 Å². The molecule has 1 aromatic rings. The Morgan fingerprint density at radius 1 is 1.42 bits per heavy atom. The van der Waals surface area contributed by atoms with Crippen LogP contribution in [0.15, 0.2) is 5.16 Å². The highest BCUT2D eigenvalue weighted by atomic mass is 32.2. The van der Waals surface area contributed by atoms with E-state index in [0.717, 1.165) is 5.82 Å². The number of hydrogen-bond donors (Lipinski definition) is 1. The summed E-state index contributed by atoms with van der Waals surface area (Å²) in [7, 11) is 0. The normalized spacial score (nSPS) is 12.9. The second kappa shape index (κ2) is 7.49. The second-order valence-electron chi connectivity index (χ2n) is 4.56. The van der Waals surface area contributed by atoms with Gasteiger partial charge in [0.25, 0.3) is 0 Å². The Bertz CT molecular complexity index is 420. The van der Waals surface area contributed by atoms with Gasteiger partial charge in [-0.15, -0.1) is 10.2 Å². The predicted octanol–water partition coefficient (Wildman–Crippen LogP) is 2.18. The van der Waals surface area contributed by atoms with Gasteiger partial charge in [0.1, 0.15) is 5.82 Å². The lowest BCUT2D eigenvalue weighted by Gasteiger charge is -2.18. The van der Waals surface area contributed by atoms with Gasteiger partial charge in [-0.05, 0) is 13.8 Å². The molecule has 0 saturated heterocycles. The number of hydrogen-bond acceptors (Lipinski definition) is 5. The zero-order valence-corrected chi connectivity index (χ0v) is 12.6. The first-order valence-electron chi connectivity index (χ1n) is 6.34. The third-order valence-corrected chi connectivity index (χ3v) is 3.46. The van der Waals surface area contributed by atoms with Crippen LogP contribution in [0.1, 0.15) is 45.5 Å². The van der Waals surface area contributed by atoms with Crippen LogP contribution in [-0.2, 0) is 9.53 Å². The molecule has 0 saturated carbocycles. The molecule has 0 amide bonds. The Kier molecular flexibility index (Phi) is 6.30. The molecule has 0 aliphatic carbocycles. The summed E-state index contributed by atoms with van der Waals surface area (Å²) in [5, 5.41) is 17.7. The van der Waals surface area contributed by atoms with Crippen molar-refractivity contribution in [3.8, 4) is 0 Å². The molecule has 0 fully saturated rings. The van der Waals surface area contributed by atoms with Crippen LogP contribution in [0.5, 0.6) is 0 Å². The molecule has 1 unspecified atom stereocenters. The number of carboxylic acids is 1. The van der Waals surface area contributed by atoms with Crippen molar-refractivity contribution in [2.75, 3.05) is 19.0 Å². The molecular weight excluding hydrogens is 266 g/mol. The highest BCUT2D eigenvalue weighted by Gasteiger charge is 2.20. The molecule has 0 aliphatic rings. The van der Waals surface area contributed by atoms with Crippen LogP contribution < -0.4 is 0 Å². The number of thioether (sulfide) groups is 1. The number of nitrogens with zero attached hydrogens (tertiary/aromatic N) is 3. The summed E-state index contributed by atoms with van der Waals surface area (Å²) < 4.78 is 7.41. The van der Waals surface area contributed by atoms with Crippen molar-refractivity contribution in [2.45, 2.75) is 44.8 Å². The average molecular weight is 287 g/mol. The molecular formula is C12H21N3O3S. The summed E-state index contributed by atoms with van der Waals surface area (Å²) in [6.45, 7) is 9.27. The quantitative estimate of drug-likeness (QED) is 0.738. The van der Waals surface area contributed by atoms with E-state index in [2.05, 4.69) is 10.2 Å². The fraction of sp³-hybridized carbons (Fsp3) is 0.750. The Hall–Kier alpha value is -1.08. The molecule has 108 valence electrons. The van der Waals surface area contributed by atoms with Crippen LogP contribution in [0.3, 0.4) is 0 Å². The third-order valence-electron chi connectivity index (χ3n) is 2.54. The van der Waals surface area contributed by atoms with E-state index in [1.807, 2.05) is 32.3 Å². The molecule has 1 rings (SSSR count). The summed E-state index contributed by atoms with van der Waals surface area (Å²) in [5.41, 5.74) is 0. The summed E-state index contributed by atoms with van der Waals surface area (Å²) in [6.07, 6.45) is 0. The molecule has 0 radical (unpaired) electrons. The minimum absolute atomic E-state index is 0.0163. The zero-order chi connectivity index (χ0) is 14.4. The maximum atomic E-state index is 10.7. The van der Waals surface area contributed by atoms with Gasteiger partial charge in [-0.1, -0.05) is 25.6 Å². The van der Waals surface area contributed by atoms with E-state index in [4.69, 9.17) is 9.84 Å². The average Bonchev–Trinajstić information content (AvgIpc) is 2.77. The zero-order valence-electron chi connectivity index (χ0n) is 11.8. The van der Waals surface area contributed by atoms with E-state index in [9.17, 15) is 4.79 Å². The van der Waals surface area contributed by atoms with Gasteiger partial charge in [0.2, 0.25) is 0 Å². The lowest BCUT2D eigenvalue weighted by Crippen LogP contribution is -2.17. The van der Waals surface area contributed by atoms with Crippen LogP contribution in [0.25, 0.3) is 0 Å². The number of aromatic nitrogens is 3. The molecule has 7 heteroatoms. The SMILES string of the molecule is CCOCC(C)n1c(SCC(=O)O)nnc1C(C)C. The van der Waals surface area contributed by atoms with Crippen molar-refractivity contribution in [2.24, 2.45) is 0 Å². The van der Waals surface area contributed by atoms with Crippen LogP contribution >= 0.6 is 11.8 Å². The Morgan fingerprint density at radius 2 is 2.11 bits per heavy atom. The predicted molar refractivity (Wildman–Crippen MR) is 73.7 cm³/mol. The van der Waals surface area contributed by atoms with Crippen molar-refractivity contribution in [1.82, 2.24) is 14.8 Å². The Morgan fingerprint density at radius 3 is 2.63 bits per heavy atom. The topological polar surface area (TPSA) is 77.2 Å².